The SMILES string of the molecule is CC(Nc1ccccc1)OC(=O)Nc1ccccc1. The molecule has 0 aliphatic carbocycles. The highest BCUT2D eigenvalue weighted by atomic mass is 16.6. The molecule has 0 radical (unpaired) electrons. The fraction of sp³-hybridized carbons (Fsp3) is 0.133. The molecule has 2 aromatic carbocycles. The Kier molecular flexibility index (Phi) is 4.39. The maximum atomic E-state index is 11.6. The molecule has 0 saturated carbocycles. The number of amides is 1. The topological polar surface area (TPSA) is 50.4 Å². The fourth-order valence-electron chi connectivity index (χ4n) is 1.63. The van der Waals surface area contributed by atoms with Crippen molar-refractivity contribution in [1.82, 2.24) is 0 Å². The molecular formula is C15H16N2O2. The minimum absolute atomic E-state index is 0.411. The molecule has 0 saturated heterocycles. The largest absolute Gasteiger partial charge is 0.426 e. The summed E-state index contributed by atoms with van der Waals surface area (Å²) in [4.78, 5) is 11.6. The predicted molar refractivity (Wildman–Crippen MR) is 76.1 cm³/mol. The van der Waals surface area contributed by atoms with E-state index in [-0.39, 0.29) is 0 Å². The van der Waals surface area contributed by atoms with Crippen LogP contribution in [-0.4, -0.2) is 12.3 Å². The third-order valence-electron chi connectivity index (χ3n) is 2.45. The van der Waals surface area contributed by atoms with E-state index in [1.54, 1.807) is 19.1 Å². The summed E-state index contributed by atoms with van der Waals surface area (Å²) in [7, 11) is 0. The average Bonchev–Trinajstić information content (AvgIpc) is 2.40. The van der Waals surface area contributed by atoms with Crippen LogP contribution in [0.3, 0.4) is 0 Å². The Bertz CT molecular complexity index is 514. The van der Waals surface area contributed by atoms with Crippen molar-refractivity contribution in [1.29, 1.82) is 0 Å². The smallest absolute Gasteiger partial charge is 0.413 e. The molecule has 0 aliphatic rings. The molecule has 1 unspecified atom stereocenters. The lowest BCUT2D eigenvalue weighted by atomic mass is 10.3. The minimum Gasteiger partial charge on any atom is -0.426 e. The van der Waals surface area contributed by atoms with E-state index in [0.717, 1.165) is 5.69 Å². The Morgan fingerprint density at radius 2 is 1.47 bits per heavy atom. The van der Waals surface area contributed by atoms with Crippen molar-refractivity contribution in [2.45, 2.75) is 13.2 Å². The van der Waals surface area contributed by atoms with Crippen LogP contribution in [0.2, 0.25) is 0 Å². The fourth-order valence-corrected chi connectivity index (χ4v) is 1.63. The Balaban J connectivity index is 1.82. The first-order valence-corrected chi connectivity index (χ1v) is 6.08. The molecule has 0 aliphatic heterocycles. The molecule has 1 amide bonds. The number of anilines is 2. The number of rotatable bonds is 4. The van der Waals surface area contributed by atoms with Gasteiger partial charge in [0, 0.05) is 11.4 Å². The molecule has 2 N–H and O–H groups in total. The summed E-state index contributed by atoms with van der Waals surface area (Å²) in [6, 6.07) is 18.8. The molecule has 0 spiro atoms. The molecule has 0 heterocycles. The Hall–Kier alpha value is -2.49. The van der Waals surface area contributed by atoms with Crippen molar-refractivity contribution in [3.05, 3.63) is 60.7 Å². The summed E-state index contributed by atoms with van der Waals surface area (Å²) in [6.07, 6.45) is -0.895. The zero-order valence-corrected chi connectivity index (χ0v) is 10.7. The Labute approximate surface area is 112 Å². The minimum atomic E-state index is -0.484. The van der Waals surface area contributed by atoms with Crippen LogP contribution in [0.1, 0.15) is 6.92 Å². The average molecular weight is 256 g/mol. The number of benzene rings is 2. The van der Waals surface area contributed by atoms with Gasteiger partial charge >= 0.3 is 6.09 Å². The number of nitrogens with one attached hydrogen (secondary N) is 2. The zero-order chi connectivity index (χ0) is 13.5. The molecule has 19 heavy (non-hydrogen) atoms. The second-order valence-corrected chi connectivity index (χ2v) is 4.05. The molecule has 2 aromatic rings. The van der Waals surface area contributed by atoms with Gasteiger partial charge in [-0.3, -0.25) is 5.32 Å². The Morgan fingerprint density at radius 3 is 2.05 bits per heavy atom. The molecular weight excluding hydrogens is 240 g/mol. The van der Waals surface area contributed by atoms with Crippen molar-refractivity contribution >= 4 is 17.5 Å². The maximum absolute atomic E-state index is 11.6. The highest BCUT2D eigenvalue weighted by Crippen LogP contribution is 2.09. The molecule has 4 nitrogen and oxygen atoms in total. The van der Waals surface area contributed by atoms with E-state index in [0.29, 0.717) is 5.69 Å². The van der Waals surface area contributed by atoms with Crippen LogP contribution in [-0.2, 0) is 4.74 Å². The third kappa shape index (κ3) is 4.35. The number of hydrogen-bond acceptors (Lipinski definition) is 3. The van der Waals surface area contributed by atoms with E-state index >= 15 is 0 Å². The molecule has 98 valence electrons. The normalized spacial score (nSPS) is 11.4. The number of hydrogen-bond donors (Lipinski definition) is 2. The second-order valence-electron chi connectivity index (χ2n) is 4.05. The standard InChI is InChI=1S/C15H16N2O2/c1-12(16-13-8-4-2-5-9-13)19-15(18)17-14-10-6-3-7-11-14/h2-12,16H,1H3,(H,17,18). The molecule has 0 fully saturated rings. The summed E-state index contributed by atoms with van der Waals surface area (Å²) in [6.45, 7) is 1.78. The summed E-state index contributed by atoms with van der Waals surface area (Å²) < 4.78 is 5.20. The lowest BCUT2D eigenvalue weighted by Crippen LogP contribution is -2.26. The second kappa shape index (κ2) is 6.44. The quantitative estimate of drug-likeness (QED) is 0.820. The van der Waals surface area contributed by atoms with Gasteiger partial charge in [0.15, 0.2) is 6.23 Å². The van der Waals surface area contributed by atoms with Crippen molar-refractivity contribution in [2.24, 2.45) is 0 Å². The molecule has 1 atom stereocenters. The number of para-hydroxylation sites is 2. The van der Waals surface area contributed by atoms with Crippen LogP contribution in [0, 0.1) is 0 Å². The lowest BCUT2D eigenvalue weighted by Gasteiger charge is -2.16. The molecule has 2 rings (SSSR count). The van der Waals surface area contributed by atoms with Gasteiger partial charge < -0.3 is 10.1 Å². The number of ether oxygens (including phenoxy) is 1. The van der Waals surface area contributed by atoms with Crippen molar-refractivity contribution in [3.8, 4) is 0 Å². The van der Waals surface area contributed by atoms with Gasteiger partial charge in [-0.1, -0.05) is 36.4 Å². The number of carbonyl (C=O) groups excluding carboxylic acids is 1. The first-order chi connectivity index (χ1) is 9.24. The first-order valence-electron chi connectivity index (χ1n) is 6.08. The van der Waals surface area contributed by atoms with Crippen LogP contribution in [0.5, 0.6) is 0 Å². The lowest BCUT2D eigenvalue weighted by molar-refractivity contribution is 0.134. The van der Waals surface area contributed by atoms with Gasteiger partial charge in [0.2, 0.25) is 0 Å². The van der Waals surface area contributed by atoms with Gasteiger partial charge in [0.1, 0.15) is 0 Å². The summed E-state index contributed by atoms with van der Waals surface area (Å²) in [5, 5.41) is 5.73. The Morgan fingerprint density at radius 1 is 0.947 bits per heavy atom. The van der Waals surface area contributed by atoms with Crippen LogP contribution in [0.15, 0.2) is 60.7 Å². The molecule has 0 bridgehead atoms. The predicted octanol–water partition coefficient (Wildman–Crippen LogP) is 3.69. The van der Waals surface area contributed by atoms with Crippen LogP contribution >= 0.6 is 0 Å². The van der Waals surface area contributed by atoms with Gasteiger partial charge in [0.05, 0.1) is 0 Å². The van der Waals surface area contributed by atoms with Crippen LogP contribution in [0.4, 0.5) is 16.2 Å². The molecule has 4 heteroatoms. The van der Waals surface area contributed by atoms with Crippen molar-refractivity contribution in [2.75, 3.05) is 10.6 Å². The number of carbonyl (C=O) groups is 1. The first kappa shape index (κ1) is 13.0. The zero-order valence-electron chi connectivity index (χ0n) is 10.7. The van der Waals surface area contributed by atoms with E-state index in [4.69, 9.17) is 4.74 Å². The van der Waals surface area contributed by atoms with Crippen molar-refractivity contribution < 1.29 is 9.53 Å². The van der Waals surface area contributed by atoms with Crippen LogP contribution in [0.25, 0.3) is 0 Å². The third-order valence-corrected chi connectivity index (χ3v) is 2.45. The van der Waals surface area contributed by atoms with E-state index < -0.39 is 12.3 Å². The summed E-state index contributed by atoms with van der Waals surface area (Å²) in [5.41, 5.74) is 1.61. The van der Waals surface area contributed by atoms with Crippen LogP contribution < -0.4 is 10.6 Å². The molecule has 0 aromatic heterocycles. The summed E-state index contributed by atoms with van der Waals surface area (Å²) >= 11 is 0. The van der Waals surface area contributed by atoms with Gasteiger partial charge in [-0.05, 0) is 31.2 Å². The van der Waals surface area contributed by atoms with E-state index in [9.17, 15) is 4.79 Å². The maximum Gasteiger partial charge on any atom is 0.413 e. The highest BCUT2D eigenvalue weighted by molar-refractivity contribution is 5.84. The van der Waals surface area contributed by atoms with Gasteiger partial charge in [-0.25, -0.2) is 4.79 Å². The van der Waals surface area contributed by atoms with Gasteiger partial charge in [-0.2, -0.15) is 0 Å². The van der Waals surface area contributed by atoms with Gasteiger partial charge in [0.25, 0.3) is 0 Å². The van der Waals surface area contributed by atoms with E-state index in [1.807, 2.05) is 48.5 Å². The van der Waals surface area contributed by atoms with E-state index in [2.05, 4.69) is 10.6 Å². The van der Waals surface area contributed by atoms with E-state index in [1.165, 1.54) is 0 Å². The van der Waals surface area contributed by atoms with Gasteiger partial charge in [-0.15, -0.1) is 0 Å². The highest BCUT2D eigenvalue weighted by Gasteiger charge is 2.08. The van der Waals surface area contributed by atoms with Crippen molar-refractivity contribution in [3.63, 3.8) is 0 Å². The monoisotopic (exact) mass is 256 g/mol. The summed E-state index contributed by atoms with van der Waals surface area (Å²) in [5.74, 6) is 0.